The fourth-order valence-corrected chi connectivity index (χ4v) is 4.52. The van der Waals surface area contributed by atoms with Crippen LogP contribution in [0.4, 0.5) is 11.4 Å². The molecule has 9 heteroatoms. The molecule has 0 spiro atoms. The van der Waals surface area contributed by atoms with E-state index < -0.39 is 22.5 Å². The van der Waals surface area contributed by atoms with Crippen molar-refractivity contribution in [2.24, 2.45) is 0 Å². The van der Waals surface area contributed by atoms with Gasteiger partial charge in [-0.05, 0) is 50.5 Å². The third-order valence-electron chi connectivity index (χ3n) is 4.83. The molecule has 2 aromatic carbocycles. The highest BCUT2D eigenvalue weighted by Gasteiger charge is 2.25. The van der Waals surface area contributed by atoms with Gasteiger partial charge in [0.05, 0.1) is 23.2 Å². The van der Waals surface area contributed by atoms with Gasteiger partial charge < -0.3 is 15.4 Å². The second-order valence-electron chi connectivity index (χ2n) is 7.71. The van der Waals surface area contributed by atoms with Gasteiger partial charge in [-0.2, -0.15) is 0 Å². The van der Waals surface area contributed by atoms with E-state index in [4.69, 9.17) is 4.74 Å². The minimum Gasteiger partial charge on any atom is -0.385 e. The van der Waals surface area contributed by atoms with Gasteiger partial charge >= 0.3 is 0 Å². The third kappa shape index (κ3) is 6.80. The molecular weight excluding hydrogens is 430 g/mol. The Hall–Kier alpha value is -2.91. The van der Waals surface area contributed by atoms with Crippen molar-refractivity contribution in [3.63, 3.8) is 0 Å². The summed E-state index contributed by atoms with van der Waals surface area (Å²) in [5.41, 5.74) is 3.62. The maximum absolute atomic E-state index is 12.8. The highest BCUT2D eigenvalue weighted by Crippen LogP contribution is 2.28. The molecule has 0 aromatic heterocycles. The normalized spacial score (nSPS) is 11.2. The van der Waals surface area contributed by atoms with Crippen LogP contribution >= 0.6 is 0 Å². The predicted molar refractivity (Wildman–Crippen MR) is 127 cm³/mol. The first-order valence-corrected chi connectivity index (χ1v) is 12.1. The number of ether oxygens (including phenoxy) is 1. The van der Waals surface area contributed by atoms with Crippen LogP contribution in [-0.4, -0.2) is 53.3 Å². The van der Waals surface area contributed by atoms with Crippen molar-refractivity contribution in [3.8, 4) is 0 Å². The molecule has 2 N–H and O–H groups in total. The predicted octanol–water partition coefficient (Wildman–Crippen LogP) is 2.78. The Balaban J connectivity index is 2.23. The number of nitrogens with one attached hydrogen (secondary N) is 2. The number of anilines is 2. The molecule has 0 aliphatic carbocycles. The van der Waals surface area contributed by atoms with Gasteiger partial charge in [0.1, 0.15) is 6.54 Å². The minimum atomic E-state index is -3.73. The van der Waals surface area contributed by atoms with Gasteiger partial charge in [-0.15, -0.1) is 0 Å². The molecule has 174 valence electrons. The van der Waals surface area contributed by atoms with E-state index in [-0.39, 0.29) is 5.91 Å². The minimum absolute atomic E-state index is 0.298. The first-order valence-electron chi connectivity index (χ1n) is 10.3. The van der Waals surface area contributed by atoms with E-state index in [1.807, 2.05) is 32.9 Å². The van der Waals surface area contributed by atoms with Crippen LogP contribution in [0.1, 0.15) is 33.5 Å². The lowest BCUT2D eigenvalue weighted by Crippen LogP contribution is -2.38. The summed E-state index contributed by atoms with van der Waals surface area (Å²) in [6.07, 6.45) is 1.73. The summed E-state index contributed by atoms with van der Waals surface area (Å²) in [5, 5.41) is 5.47. The van der Waals surface area contributed by atoms with E-state index in [0.717, 1.165) is 27.3 Å². The van der Waals surface area contributed by atoms with Crippen LogP contribution in [0, 0.1) is 20.8 Å². The third-order valence-corrected chi connectivity index (χ3v) is 5.94. The molecule has 32 heavy (non-hydrogen) atoms. The SMILES string of the molecule is COCCCNC(=O)c1ccccc1NC(=O)CN(c1c(C)cc(C)cc1C)S(C)(=O)=O. The molecule has 2 aromatic rings. The Bertz CT molecular complexity index is 1060. The molecule has 0 atom stereocenters. The molecule has 0 unspecified atom stereocenters. The molecule has 0 aliphatic rings. The van der Waals surface area contributed by atoms with E-state index in [1.54, 1.807) is 31.4 Å². The number of sulfonamides is 1. The number of hydrogen-bond acceptors (Lipinski definition) is 5. The molecule has 2 rings (SSSR count). The number of hydrogen-bond donors (Lipinski definition) is 2. The highest BCUT2D eigenvalue weighted by molar-refractivity contribution is 7.92. The number of benzene rings is 2. The molecule has 0 saturated heterocycles. The molecule has 0 radical (unpaired) electrons. The summed E-state index contributed by atoms with van der Waals surface area (Å²) in [6.45, 7) is 6.11. The second kappa shape index (κ2) is 11.1. The van der Waals surface area contributed by atoms with Gasteiger partial charge in [-0.25, -0.2) is 8.42 Å². The topological polar surface area (TPSA) is 105 Å². The quantitative estimate of drug-likeness (QED) is 0.530. The first-order chi connectivity index (χ1) is 15.0. The maximum atomic E-state index is 12.8. The van der Waals surface area contributed by atoms with Crippen molar-refractivity contribution in [2.75, 3.05) is 42.7 Å². The van der Waals surface area contributed by atoms with Gasteiger partial charge in [-0.1, -0.05) is 29.8 Å². The molecule has 0 fully saturated rings. The summed E-state index contributed by atoms with van der Waals surface area (Å²) < 4.78 is 31.1. The van der Waals surface area contributed by atoms with Crippen LogP contribution in [0.2, 0.25) is 0 Å². The Morgan fingerprint density at radius 3 is 2.28 bits per heavy atom. The van der Waals surface area contributed by atoms with Gasteiger partial charge in [0, 0.05) is 20.3 Å². The Labute approximate surface area is 190 Å². The smallest absolute Gasteiger partial charge is 0.253 e. The van der Waals surface area contributed by atoms with Crippen molar-refractivity contribution in [2.45, 2.75) is 27.2 Å². The summed E-state index contributed by atoms with van der Waals surface area (Å²) in [4.78, 5) is 25.4. The molecule has 0 bridgehead atoms. The zero-order chi connectivity index (χ0) is 23.9. The Morgan fingerprint density at radius 1 is 1.06 bits per heavy atom. The van der Waals surface area contributed by atoms with Crippen molar-refractivity contribution in [1.82, 2.24) is 5.32 Å². The van der Waals surface area contributed by atoms with Gasteiger partial charge in [0.25, 0.3) is 5.91 Å². The van der Waals surface area contributed by atoms with Crippen LogP contribution in [-0.2, 0) is 19.6 Å². The van der Waals surface area contributed by atoms with Crippen LogP contribution in [0.5, 0.6) is 0 Å². The standard InChI is InChI=1S/C23H31N3O5S/c1-16-13-17(2)22(18(3)14-16)26(32(5,29)30)15-21(27)25-20-10-7-6-9-19(20)23(28)24-11-8-12-31-4/h6-7,9-10,13-14H,8,11-12,15H2,1-5H3,(H,24,28)(H,25,27). The fourth-order valence-electron chi connectivity index (χ4n) is 3.55. The number of methoxy groups -OCH3 is 1. The lowest BCUT2D eigenvalue weighted by atomic mass is 10.1. The summed E-state index contributed by atoms with van der Waals surface area (Å²) in [7, 11) is -2.14. The lowest BCUT2D eigenvalue weighted by molar-refractivity contribution is -0.114. The van der Waals surface area contributed by atoms with Gasteiger partial charge in [0.2, 0.25) is 15.9 Å². The Morgan fingerprint density at radius 2 is 1.69 bits per heavy atom. The summed E-state index contributed by atoms with van der Waals surface area (Å²) in [6, 6.07) is 10.4. The van der Waals surface area contributed by atoms with E-state index >= 15 is 0 Å². The number of aryl methyl sites for hydroxylation is 3. The number of amides is 2. The Kier molecular flexibility index (Phi) is 8.80. The second-order valence-corrected chi connectivity index (χ2v) is 9.62. The molecule has 0 saturated carbocycles. The number of carbonyl (C=O) groups is 2. The molecule has 8 nitrogen and oxygen atoms in total. The van der Waals surface area contributed by atoms with E-state index in [1.165, 1.54) is 0 Å². The largest absolute Gasteiger partial charge is 0.385 e. The van der Waals surface area contributed by atoms with Crippen molar-refractivity contribution < 1.29 is 22.7 Å². The monoisotopic (exact) mass is 461 g/mol. The number of para-hydroxylation sites is 1. The molecule has 0 heterocycles. The zero-order valence-corrected chi connectivity index (χ0v) is 20.0. The fraction of sp³-hybridized carbons (Fsp3) is 0.391. The molecule has 0 aliphatic heterocycles. The van der Waals surface area contributed by atoms with Crippen molar-refractivity contribution in [1.29, 1.82) is 0 Å². The first kappa shape index (κ1) is 25.4. The van der Waals surface area contributed by atoms with Crippen LogP contribution in [0.3, 0.4) is 0 Å². The van der Waals surface area contributed by atoms with E-state index in [0.29, 0.717) is 36.5 Å². The van der Waals surface area contributed by atoms with Crippen LogP contribution in [0.25, 0.3) is 0 Å². The van der Waals surface area contributed by atoms with Crippen molar-refractivity contribution in [3.05, 3.63) is 58.7 Å². The lowest BCUT2D eigenvalue weighted by Gasteiger charge is -2.26. The number of nitrogens with zero attached hydrogens (tertiary/aromatic N) is 1. The van der Waals surface area contributed by atoms with Gasteiger partial charge in [-0.3, -0.25) is 13.9 Å². The van der Waals surface area contributed by atoms with Crippen LogP contribution in [0.15, 0.2) is 36.4 Å². The average molecular weight is 462 g/mol. The molecular formula is C23H31N3O5S. The van der Waals surface area contributed by atoms with Gasteiger partial charge in [0.15, 0.2) is 0 Å². The molecule has 2 amide bonds. The van der Waals surface area contributed by atoms with E-state index in [2.05, 4.69) is 10.6 Å². The van der Waals surface area contributed by atoms with Crippen molar-refractivity contribution >= 4 is 33.2 Å². The number of rotatable bonds is 10. The maximum Gasteiger partial charge on any atom is 0.253 e. The highest BCUT2D eigenvalue weighted by atomic mass is 32.2. The van der Waals surface area contributed by atoms with Crippen LogP contribution < -0.4 is 14.9 Å². The summed E-state index contributed by atoms with van der Waals surface area (Å²) >= 11 is 0. The van der Waals surface area contributed by atoms with E-state index in [9.17, 15) is 18.0 Å². The zero-order valence-electron chi connectivity index (χ0n) is 19.2. The number of carbonyl (C=O) groups excluding carboxylic acids is 2. The summed E-state index contributed by atoms with van der Waals surface area (Å²) in [5.74, 6) is -0.878. The average Bonchev–Trinajstić information content (AvgIpc) is 2.69.